The molecule has 430 valence electrons. The fraction of sp³-hybridized carbons (Fsp3) is 0.673. The maximum atomic E-state index is 15.6. The van der Waals surface area contributed by atoms with Crippen LogP contribution in [0.4, 0.5) is 0 Å². The van der Waals surface area contributed by atoms with Crippen molar-refractivity contribution in [3.05, 3.63) is 29.8 Å². The van der Waals surface area contributed by atoms with E-state index in [1.54, 1.807) is 45.0 Å². The van der Waals surface area contributed by atoms with E-state index in [9.17, 15) is 48.6 Å². The molecule has 1 aromatic heterocycles. The van der Waals surface area contributed by atoms with Gasteiger partial charge < -0.3 is 67.0 Å². The van der Waals surface area contributed by atoms with E-state index in [4.69, 9.17) is 20.3 Å². The number of aromatic nitrogens is 1. The van der Waals surface area contributed by atoms with Crippen molar-refractivity contribution in [1.82, 2.24) is 36.5 Å². The Kier molecular flexibility index (Phi) is 22.3. The summed E-state index contributed by atoms with van der Waals surface area (Å²) in [6.45, 7) is 24.5. The van der Waals surface area contributed by atoms with Crippen LogP contribution in [-0.2, 0) is 58.4 Å². The van der Waals surface area contributed by atoms with Gasteiger partial charge in [0.15, 0.2) is 22.4 Å². The second kappa shape index (κ2) is 26.6. The van der Waals surface area contributed by atoms with Crippen LogP contribution in [0.3, 0.4) is 0 Å². The molecule has 7 amide bonds. The van der Waals surface area contributed by atoms with Gasteiger partial charge in [0.05, 0.1) is 55.4 Å². The smallest absolute Gasteiger partial charge is 0.327 e. The van der Waals surface area contributed by atoms with E-state index in [1.807, 2.05) is 0 Å². The van der Waals surface area contributed by atoms with E-state index >= 15 is 4.79 Å². The van der Waals surface area contributed by atoms with Gasteiger partial charge in [0.1, 0.15) is 18.1 Å². The number of β-amino-alcohol motifs (C(OH)–C–C–N with tert-alkyl or cyclic N) is 1. The van der Waals surface area contributed by atoms with Gasteiger partial charge in [-0.05, 0) is 60.2 Å². The molecule has 0 aliphatic carbocycles. The molecule has 0 saturated carbocycles. The maximum Gasteiger partial charge on any atom is 0.327 e. The van der Waals surface area contributed by atoms with Gasteiger partial charge in [-0.3, -0.25) is 38.4 Å². The monoisotopic (exact) mass is 1130 g/mol. The van der Waals surface area contributed by atoms with Crippen molar-refractivity contribution in [2.24, 2.45) is 29.2 Å². The van der Waals surface area contributed by atoms with Crippen molar-refractivity contribution in [2.45, 2.75) is 178 Å². The number of nitrogens with two attached hydrogens (primary N) is 2. The summed E-state index contributed by atoms with van der Waals surface area (Å²) in [4.78, 5) is 128. The van der Waals surface area contributed by atoms with Gasteiger partial charge in [-0.15, -0.1) is 11.8 Å². The molecule has 12 N–H and O–H groups in total. The number of aliphatic hydroxyl groups excluding tert-OH is 1. The molecule has 1 aromatic carbocycles. The van der Waals surface area contributed by atoms with E-state index in [-0.39, 0.29) is 41.8 Å². The number of carbonyl (C=O) groups excluding carboxylic acids is 8. The number of benzene rings is 1. The number of primary amides is 1. The molecule has 0 unspecified atom stereocenters. The lowest BCUT2D eigenvalue weighted by atomic mass is 9.85. The first-order chi connectivity index (χ1) is 35.6. The Labute approximate surface area is 458 Å². The number of rotatable bonds is 18. The number of carbonyl (C=O) groups is 9. The fourth-order valence-electron chi connectivity index (χ4n) is 8.62. The molecular formula is C52H85N9O13SSi2. The van der Waals surface area contributed by atoms with Crippen molar-refractivity contribution in [3.63, 3.8) is 0 Å². The number of H-pyrrole nitrogens is 1. The lowest BCUT2D eigenvalue weighted by Crippen LogP contribution is -2.58. The molecule has 0 radical (unpaired) electrons. The molecule has 2 aromatic rings. The van der Waals surface area contributed by atoms with Gasteiger partial charge in [0.25, 0.3) is 0 Å². The van der Waals surface area contributed by atoms with E-state index in [0.717, 1.165) is 16.7 Å². The predicted molar refractivity (Wildman–Crippen MR) is 297 cm³/mol. The number of ketones is 1. The van der Waals surface area contributed by atoms with Crippen molar-refractivity contribution < 1.29 is 62.2 Å². The number of fused-ring (bicyclic) bond motifs is 3. The molecule has 22 nitrogen and oxygen atoms in total. The highest BCUT2D eigenvalue weighted by Gasteiger charge is 2.47. The molecule has 4 rings (SSSR count). The minimum Gasteiger partial charge on any atom is -0.480 e. The zero-order valence-electron chi connectivity index (χ0n) is 47.0. The van der Waals surface area contributed by atoms with Crippen LogP contribution in [0.1, 0.15) is 93.6 Å². The lowest BCUT2D eigenvalue weighted by molar-refractivity contribution is -0.142. The predicted octanol–water partition coefficient (Wildman–Crippen LogP) is 2.42. The number of carboxylic acids is 1. The van der Waals surface area contributed by atoms with Crippen LogP contribution in [0.5, 0.6) is 0 Å². The lowest BCUT2D eigenvalue weighted by Gasteiger charge is -2.44. The number of para-hydroxylation sites is 1. The first kappa shape index (κ1) is 64.3. The number of hydrogen-bond acceptors (Lipinski definition) is 14. The van der Waals surface area contributed by atoms with Crippen molar-refractivity contribution >= 4 is 92.4 Å². The zero-order chi connectivity index (χ0) is 58.1. The normalized spacial score (nSPS) is 22.9. The van der Waals surface area contributed by atoms with Gasteiger partial charge >= 0.3 is 5.97 Å². The third-order valence-corrected chi connectivity index (χ3v) is 25.9. The molecule has 0 bridgehead atoms. The quantitative estimate of drug-likeness (QED) is 0.0959. The summed E-state index contributed by atoms with van der Waals surface area (Å²) in [5, 5.41) is 34.8. The highest BCUT2D eigenvalue weighted by Crippen LogP contribution is 2.41. The van der Waals surface area contributed by atoms with E-state index in [1.165, 1.54) is 0 Å². The highest BCUT2D eigenvalue weighted by atomic mass is 32.2. The van der Waals surface area contributed by atoms with E-state index in [2.05, 4.69) is 99.3 Å². The zero-order valence-corrected chi connectivity index (χ0v) is 49.9. The van der Waals surface area contributed by atoms with Crippen LogP contribution in [-0.4, -0.2) is 164 Å². The Morgan fingerprint density at radius 1 is 0.909 bits per heavy atom. The largest absolute Gasteiger partial charge is 0.480 e. The van der Waals surface area contributed by atoms with Crippen molar-refractivity contribution in [2.75, 3.05) is 32.0 Å². The minimum absolute atomic E-state index is 0.0287. The maximum absolute atomic E-state index is 15.6. The number of Topliss-reactive ketones (excluding diaryl/α,β-unsaturated/α-hetero) is 1. The molecule has 1 fully saturated rings. The second-order valence-electron chi connectivity index (χ2n) is 23.7. The molecule has 2 aliphatic heterocycles. The average molecular weight is 1130 g/mol. The van der Waals surface area contributed by atoms with Gasteiger partial charge in [-0.1, -0.05) is 86.9 Å². The summed E-state index contributed by atoms with van der Waals surface area (Å²) in [6, 6.07) is 0.348. The number of carboxylic acid groups (broad SMARTS) is 1. The van der Waals surface area contributed by atoms with E-state index in [0.29, 0.717) is 27.9 Å². The fourth-order valence-corrected chi connectivity index (χ4v) is 12.1. The highest BCUT2D eigenvalue weighted by molar-refractivity contribution is 7.99. The van der Waals surface area contributed by atoms with Crippen LogP contribution in [0.15, 0.2) is 29.3 Å². The Balaban J connectivity index is 1.91. The molecule has 0 spiro atoms. The molecule has 10 atom stereocenters. The molecule has 3 heterocycles. The summed E-state index contributed by atoms with van der Waals surface area (Å²) < 4.78 is 13.9. The van der Waals surface area contributed by atoms with Gasteiger partial charge in [-0.2, -0.15) is 0 Å². The third-order valence-electron chi connectivity index (χ3n) is 15.8. The summed E-state index contributed by atoms with van der Waals surface area (Å²) in [7, 11) is -5.20. The first-order valence-electron chi connectivity index (χ1n) is 26.4. The van der Waals surface area contributed by atoms with Crippen molar-refractivity contribution in [3.8, 4) is 0 Å². The molecule has 25 heteroatoms. The summed E-state index contributed by atoms with van der Waals surface area (Å²) in [6.07, 6.45) is -3.01. The summed E-state index contributed by atoms with van der Waals surface area (Å²) in [5.74, 6) is -10.2. The number of aliphatic carboxylic acids is 1. The Morgan fingerprint density at radius 3 is 2.09 bits per heavy atom. The number of likely N-dealkylation sites (tertiary alicyclic amines) is 1. The summed E-state index contributed by atoms with van der Waals surface area (Å²) >= 11 is 1.06. The van der Waals surface area contributed by atoms with E-state index < -0.39 is 156 Å². The standard InChI is InChI=1S/C52H85N9O13SSi2/c1-14-28(2)43-47(69)56-23-41(65)57-36(50(71)72)27-75-48-33(32-17-15-16-18-35(32)58-48)19-30(45(67)55-24-42(66)59-43)20-38(63)44(60-46(68)37-21-31(62)25-61(37)49(70)34(53)22-40(54)64)29(3)39(74-77(12,13)52(7,8)9)26-73-76(10,11)51(4,5)6/h15-18,28-31,34,36-37,39,43-44,58,62H,14,19-27,53H2,1-13H3,(H2,54,64)(H,55,67)(H,56,69)(H,57,65)(H,59,66)(H,60,68)(H,71,72)/t28-,29-,30+,31+,34-,36-,37-,39-,43-,44-/m0/s1. The van der Waals surface area contributed by atoms with Gasteiger partial charge in [0, 0.05) is 47.9 Å². The Bertz CT molecular complexity index is 2500. The topological polar surface area (TPSA) is 344 Å². The van der Waals surface area contributed by atoms with Crippen LogP contribution in [0.2, 0.25) is 36.3 Å². The minimum atomic E-state index is -2.70. The number of hydrogen-bond donors (Lipinski definition) is 10. The second-order valence-corrected chi connectivity index (χ2v) is 34.3. The van der Waals surface area contributed by atoms with Crippen LogP contribution < -0.4 is 38.1 Å². The molecule has 1 saturated heterocycles. The SMILES string of the molecule is CC[C@H](C)[C@@H]1NC(=O)CNC(=O)[C@@H](CC(=O)[C@@H](NC(=O)[C@@H]2C[C@@H](O)CN2C(=O)[C@@H](N)CC(N)=O)[C@@H](C)[C@H](CO[Si](C)(C)C(C)(C)C)O[Si](C)(C)C(C)(C)C)Cc2c([nH]c3ccccc23)SC[C@@H](C(=O)O)NC(=O)CNC1=O. The Morgan fingerprint density at radius 2 is 1.51 bits per heavy atom. The van der Waals surface area contributed by atoms with Crippen molar-refractivity contribution in [1.29, 1.82) is 0 Å². The first-order valence-corrected chi connectivity index (χ1v) is 33.2. The number of amides is 7. The van der Waals surface area contributed by atoms with Gasteiger partial charge in [-0.25, -0.2) is 4.79 Å². The third kappa shape index (κ3) is 17.2. The average Bonchev–Trinajstić information content (AvgIpc) is 3.90. The van der Waals surface area contributed by atoms with Crippen LogP contribution >= 0.6 is 11.8 Å². The number of nitrogens with zero attached hydrogens (tertiary/aromatic N) is 1. The van der Waals surface area contributed by atoms with Gasteiger partial charge in [0.2, 0.25) is 41.4 Å². The number of thioether (sulfide) groups is 1. The van der Waals surface area contributed by atoms with Crippen LogP contribution in [0.25, 0.3) is 10.9 Å². The van der Waals surface area contributed by atoms with Crippen LogP contribution in [0, 0.1) is 17.8 Å². The number of aliphatic hydroxyl groups is 1. The number of nitrogens with one attached hydrogen (secondary N) is 6. The number of aromatic amines is 1. The summed E-state index contributed by atoms with van der Waals surface area (Å²) in [5.41, 5.74) is 12.6. The Hall–Kier alpha value is -5.19. The molecule has 77 heavy (non-hydrogen) atoms. The molecular weight excluding hydrogens is 1050 g/mol. The molecule has 2 aliphatic rings.